The van der Waals surface area contributed by atoms with E-state index in [0.717, 1.165) is 24.7 Å². The van der Waals surface area contributed by atoms with E-state index in [1.165, 1.54) is 44.9 Å². The van der Waals surface area contributed by atoms with Crippen LogP contribution < -0.4 is 5.73 Å². The monoisotopic (exact) mass is 209 g/mol. The van der Waals surface area contributed by atoms with Crippen molar-refractivity contribution in [3.05, 3.63) is 5.73 Å². The van der Waals surface area contributed by atoms with E-state index in [-0.39, 0.29) is 6.04 Å². The molecule has 0 aromatic rings. The lowest BCUT2D eigenvalue weighted by molar-refractivity contribution is 0.231. The summed E-state index contributed by atoms with van der Waals surface area (Å²) in [6.45, 7) is 0. The molecule has 0 unspecified atom stereocenters. The van der Waals surface area contributed by atoms with Gasteiger partial charge in [-0.05, 0) is 43.9 Å². The van der Waals surface area contributed by atoms with E-state index in [1.54, 1.807) is 0 Å². The summed E-state index contributed by atoms with van der Waals surface area (Å²) in [6, 6.07) is 0.742. The normalized spacial score (nSPS) is 42.8. The van der Waals surface area contributed by atoms with Crippen molar-refractivity contribution in [2.45, 2.75) is 69.9 Å². The summed E-state index contributed by atoms with van der Waals surface area (Å²) in [5.74, 6) is 1.89. The third kappa shape index (κ3) is 3.46. The van der Waals surface area contributed by atoms with Crippen molar-refractivity contribution >= 4 is 0 Å². The third-order valence-electron chi connectivity index (χ3n) is 4.40. The van der Waals surface area contributed by atoms with Crippen molar-refractivity contribution in [3.8, 4) is 0 Å². The molecule has 0 spiro atoms. The predicted octanol–water partition coefficient (Wildman–Crippen LogP) is 3.51. The molecule has 0 bridgehead atoms. The lowest BCUT2D eigenvalue weighted by Gasteiger charge is -2.34. The molecular formula is C13H25N2-. The Hall–Kier alpha value is -0.0800. The van der Waals surface area contributed by atoms with Gasteiger partial charge in [-0.1, -0.05) is 25.7 Å². The fraction of sp³-hybridized carbons (Fsp3) is 1.00. The van der Waals surface area contributed by atoms with Crippen molar-refractivity contribution in [3.63, 3.8) is 0 Å². The second-order valence-electron chi connectivity index (χ2n) is 5.73. The lowest BCUT2D eigenvalue weighted by atomic mass is 9.76. The average molecular weight is 209 g/mol. The highest BCUT2D eigenvalue weighted by Gasteiger charge is 2.23. The lowest BCUT2D eigenvalue weighted by Crippen LogP contribution is -2.28. The Bertz CT molecular complexity index is 157. The molecule has 3 N–H and O–H groups in total. The van der Waals surface area contributed by atoms with E-state index in [4.69, 9.17) is 11.5 Å². The van der Waals surface area contributed by atoms with Gasteiger partial charge in [0, 0.05) is 6.04 Å². The maximum absolute atomic E-state index is 7.69. The van der Waals surface area contributed by atoms with Crippen LogP contribution in [0.5, 0.6) is 0 Å². The van der Waals surface area contributed by atoms with Gasteiger partial charge in [0.05, 0.1) is 0 Å². The zero-order valence-corrected chi connectivity index (χ0v) is 9.75. The van der Waals surface area contributed by atoms with Gasteiger partial charge in [-0.15, -0.1) is 6.04 Å². The summed E-state index contributed by atoms with van der Waals surface area (Å²) in [5.41, 5.74) is 13.6. The van der Waals surface area contributed by atoms with Gasteiger partial charge in [0.15, 0.2) is 0 Å². The highest BCUT2D eigenvalue weighted by atomic mass is 14.6. The number of nitrogens with two attached hydrogens (primary N) is 1. The molecule has 2 saturated carbocycles. The first-order valence-electron chi connectivity index (χ1n) is 6.70. The summed E-state index contributed by atoms with van der Waals surface area (Å²) in [4.78, 5) is 0. The van der Waals surface area contributed by atoms with Crippen LogP contribution in [0.15, 0.2) is 0 Å². The van der Waals surface area contributed by atoms with Gasteiger partial charge >= 0.3 is 0 Å². The molecule has 0 radical (unpaired) electrons. The summed E-state index contributed by atoms with van der Waals surface area (Å²) in [7, 11) is 0. The number of nitrogens with one attached hydrogen (secondary N) is 1. The molecule has 88 valence electrons. The minimum absolute atomic E-state index is 0.251. The van der Waals surface area contributed by atoms with E-state index in [9.17, 15) is 0 Å². The molecule has 2 aliphatic carbocycles. The SMILES string of the molecule is [NH-]C1CCC(CC2CCC(N)CC2)CC1. The van der Waals surface area contributed by atoms with Gasteiger partial charge in [0.25, 0.3) is 0 Å². The Balaban J connectivity index is 1.68. The molecule has 0 aromatic heterocycles. The minimum atomic E-state index is 0.251. The Morgan fingerprint density at radius 2 is 1.27 bits per heavy atom. The fourth-order valence-corrected chi connectivity index (χ4v) is 3.29. The molecule has 2 nitrogen and oxygen atoms in total. The van der Waals surface area contributed by atoms with Crippen molar-refractivity contribution in [2.24, 2.45) is 17.6 Å². The molecule has 2 aliphatic rings. The molecule has 2 heteroatoms. The Morgan fingerprint density at radius 3 is 1.80 bits per heavy atom. The van der Waals surface area contributed by atoms with Gasteiger partial charge in [-0.3, -0.25) is 0 Å². The second kappa shape index (κ2) is 5.31. The highest BCUT2D eigenvalue weighted by molar-refractivity contribution is 4.84. The Kier molecular flexibility index (Phi) is 4.04. The summed E-state index contributed by atoms with van der Waals surface area (Å²) in [5, 5.41) is 0. The van der Waals surface area contributed by atoms with Crippen LogP contribution in [0.2, 0.25) is 0 Å². The maximum atomic E-state index is 7.69. The summed E-state index contributed by atoms with van der Waals surface area (Å²) >= 11 is 0. The summed E-state index contributed by atoms with van der Waals surface area (Å²) < 4.78 is 0. The molecule has 15 heavy (non-hydrogen) atoms. The number of hydrogen-bond donors (Lipinski definition) is 1. The molecule has 0 aromatic carbocycles. The van der Waals surface area contributed by atoms with Gasteiger partial charge in [-0.25, -0.2) is 0 Å². The Labute approximate surface area is 93.8 Å². The van der Waals surface area contributed by atoms with E-state index < -0.39 is 0 Å². The molecule has 0 saturated heterocycles. The smallest absolute Gasteiger partial charge is 0.00390 e. The van der Waals surface area contributed by atoms with Crippen molar-refractivity contribution < 1.29 is 0 Å². The van der Waals surface area contributed by atoms with Crippen molar-refractivity contribution in [2.75, 3.05) is 0 Å². The van der Waals surface area contributed by atoms with Crippen LogP contribution >= 0.6 is 0 Å². The average Bonchev–Trinajstić information content (AvgIpc) is 2.25. The molecule has 0 heterocycles. The van der Waals surface area contributed by atoms with Crippen molar-refractivity contribution in [1.82, 2.24) is 0 Å². The van der Waals surface area contributed by atoms with Crippen LogP contribution in [-0.2, 0) is 0 Å². The van der Waals surface area contributed by atoms with Gasteiger partial charge in [0.2, 0.25) is 0 Å². The molecule has 0 atom stereocenters. The first-order chi connectivity index (χ1) is 7.24. The maximum Gasteiger partial charge on any atom is 0.00390 e. The van der Waals surface area contributed by atoms with Crippen LogP contribution in [-0.4, -0.2) is 12.1 Å². The van der Waals surface area contributed by atoms with Crippen LogP contribution in [0.4, 0.5) is 0 Å². The summed E-state index contributed by atoms with van der Waals surface area (Å²) in [6.07, 6.45) is 11.6. The highest BCUT2D eigenvalue weighted by Crippen LogP contribution is 2.35. The fourth-order valence-electron chi connectivity index (χ4n) is 3.29. The first kappa shape index (κ1) is 11.4. The van der Waals surface area contributed by atoms with Gasteiger partial charge < -0.3 is 11.5 Å². The van der Waals surface area contributed by atoms with Crippen molar-refractivity contribution in [1.29, 1.82) is 0 Å². The van der Waals surface area contributed by atoms with Crippen LogP contribution in [0.3, 0.4) is 0 Å². The van der Waals surface area contributed by atoms with E-state index >= 15 is 0 Å². The standard InChI is InChI=1S/C13H25N2/c14-12-5-1-10(2-6-12)9-11-3-7-13(15)8-4-11/h10-14H,1-9,15H2/q-1. The third-order valence-corrected chi connectivity index (χ3v) is 4.40. The largest absolute Gasteiger partial charge is 0.675 e. The van der Waals surface area contributed by atoms with E-state index in [1.807, 2.05) is 0 Å². The zero-order chi connectivity index (χ0) is 10.7. The second-order valence-corrected chi connectivity index (χ2v) is 5.73. The van der Waals surface area contributed by atoms with Gasteiger partial charge in [-0.2, -0.15) is 0 Å². The van der Waals surface area contributed by atoms with Crippen LogP contribution in [0.1, 0.15) is 57.8 Å². The number of rotatable bonds is 2. The molecule has 2 rings (SSSR count). The Morgan fingerprint density at radius 1 is 0.800 bits per heavy atom. The van der Waals surface area contributed by atoms with E-state index in [0.29, 0.717) is 6.04 Å². The van der Waals surface area contributed by atoms with Gasteiger partial charge in [0.1, 0.15) is 0 Å². The first-order valence-corrected chi connectivity index (χ1v) is 6.70. The molecule has 2 fully saturated rings. The van der Waals surface area contributed by atoms with E-state index in [2.05, 4.69) is 0 Å². The topological polar surface area (TPSA) is 49.8 Å². The minimum Gasteiger partial charge on any atom is -0.675 e. The molecule has 0 aliphatic heterocycles. The number of hydrogen-bond acceptors (Lipinski definition) is 1. The quantitative estimate of drug-likeness (QED) is 0.743. The molecular weight excluding hydrogens is 184 g/mol. The molecule has 0 amide bonds. The predicted molar refractivity (Wildman–Crippen MR) is 64.6 cm³/mol. The van der Waals surface area contributed by atoms with Crippen LogP contribution in [0, 0.1) is 11.8 Å². The zero-order valence-electron chi connectivity index (χ0n) is 9.75. The van der Waals surface area contributed by atoms with Crippen LogP contribution in [0.25, 0.3) is 5.73 Å².